The Morgan fingerprint density at radius 2 is 1.36 bits per heavy atom. The molecule has 39 heavy (non-hydrogen) atoms. The van der Waals surface area contributed by atoms with Crippen molar-refractivity contribution in [2.24, 2.45) is 0 Å². The van der Waals surface area contributed by atoms with E-state index in [9.17, 15) is 9.59 Å². The number of carbonyl (C=O) groups excluding carboxylic acids is 2. The quantitative estimate of drug-likeness (QED) is 0.0975. The van der Waals surface area contributed by atoms with Crippen LogP contribution in [0.4, 0.5) is 9.59 Å². The van der Waals surface area contributed by atoms with Gasteiger partial charge < -0.3 is 14.2 Å². The number of amidine groups is 1. The van der Waals surface area contributed by atoms with E-state index in [-0.39, 0.29) is 5.84 Å². The summed E-state index contributed by atoms with van der Waals surface area (Å²) in [4.78, 5) is 27.0. The van der Waals surface area contributed by atoms with Crippen LogP contribution in [-0.4, -0.2) is 52.0 Å². The second-order valence-corrected chi connectivity index (χ2v) is 13.1. The number of nitrogens with one attached hydrogen (secondary N) is 2. The van der Waals surface area contributed by atoms with Gasteiger partial charge in [0.15, 0.2) is 0 Å². The highest BCUT2D eigenvalue weighted by molar-refractivity contribution is 5.99. The summed E-state index contributed by atoms with van der Waals surface area (Å²) in [5, 5.41) is 11.2. The highest BCUT2D eigenvalue weighted by atomic mass is 16.6. The van der Waals surface area contributed by atoms with E-state index in [0.29, 0.717) is 0 Å². The smallest absolute Gasteiger partial charge is 0.413 e. The van der Waals surface area contributed by atoms with E-state index in [1.807, 2.05) is 6.08 Å². The molecule has 0 saturated carbocycles. The number of amides is 2. The summed E-state index contributed by atoms with van der Waals surface area (Å²) in [6, 6.07) is -0.865. The predicted molar refractivity (Wildman–Crippen MR) is 158 cm³/mol. The van der Waals surface area contributed by atoms with Crippen LogP contribution in [-0.2, 0) is 14.2 Å². The van der Waals surface area contributed by atoms with Crippen LogP contribution < -0.4 is 5.32 Å². The molecule has 2 amide bonds. The van der Waals surface area contributed by atoms with E-state index in [2.05, 4.69) is 18.3 Å². The van der Waals surface area contributed by atoms with Crippen LogP contribution in [0.1, 0.15) is 139 Å². The van der Waals surface area contributed by atoms with Gasteiger partial charge in [-0.25, -0.2) is 9.59 Å². The summed E-state index contributed by atoms with van der Waals surface area (Å²) in [5.41, 5.74) is -2.48. The SMILES string of the molecule is CCCCCCCCCCCCCC=C[C@H]1OC(C)(C)N(C(=O)OC(C)(C)C)[C@H]1C(=N)NC(=O)OC(C)(C)C. The van der Waals surface area contributed by atoms with Gasteiger partial charge in [0.2, 0.25) is 0 Å². The Balaban J connectivity index is 2.73. The van der Waals surface area contributed by atoms with Crippen molar-refractivity contribution in [3.8, 4) is 0 Å². The monoisotopic (exact) mass is 551 g/mol. The minimum atomic E-state index is -1.04. The Morgan fingerprint density at radius 3 is 1.85 bits per heavy atom. The molecular weight excluding hydrogens is 494 g/mol. The molecule has 0 aromatic carbocycles. The summed E-state index contributed by atoms with van der Waals surface area (Å²) in [6.45, 7) is 16.4. The van der Waals surface area contributed by atoms with Gasteiger partial charge in [0.1, 0.15) is 34.9 Å². The fourth-order valence-corrected chi connectivity index (χ4v) is 4.66. The van der Waals surface area contributed by atoms with Crippen LogP contribution in [0.25, 0.3) is 0 Å². The lowest BCUT2D eigenvalue weighted by Gasteiger charge is -2.35. The maximum atomic E-state index is 13.2. The molecule has 8 nitrogen and oxygen atoms in total. The molecular formula is C31H57N3O5. The fourth-order valence-electron chi connectivity index (χ4n) is 4.66. The first-order valence-corrected chi connectivity index (χ1v) is 15.0. The topological polar surface area (TPSA) is 101 Å². The molecule has 2 N–H and O–H groups in total. The van der Waals surface area contributed by atoms with Crippen molar-refractivity contribution in [2.75, 3.05) is 0 Å². The van der Waals surface area contributed by atoms with Crippen LogP contribution >= 0.6 is 0 Å². The van der Waals surface area contributed by atoms with Crippen molar-refractivity contribution in [3.63, 3.8) is 0 Å². The van der Waals surface area contributed by atoms with E-state index in [1.165, 1.54) is 69.1 Å². The zero-order chi connectivity index (χ0) is 29.7. The molecule has 0 bridgehead atoms. The Labute approximate surface area is 238 Å². The molecule has 0 unspecified atom stereocenters. The van der Waals surface area contributed by atoms with Crippen LogP contribution in [0.2, 0.25) is 0 Å². The maximum Gasteiger partial charge on any atom is 0.413 e. The summed E-state index contributed by atoms with van der Waals surface area (Å²) in [7, 11) is 0. The number of allylic oxidation sites excluding steroid dienone is 1. The Morgan fingerprint density at radius 1 is 0.872 bits per heavy atom. The number of ether oxygens (including phenoxy) is 3. The van der Waals surface area contributed by atoms with Gasteiger partial charge in [-0.15, -0.1) is 0 Å². The van der Waals surface area contributed by atoms with Gasteiger partial charge in [-0.05, 0) is 68.2 Å². The number of alkyl carbamates (subject to hydrolysis) is 1. The van der Waals surface area contributed by atoms with Gasteiger partial charge in [0.25, 0.3) is 0 Å². The normalized spacial score (nSPS) is 19.4. The predicted octanol–water partition coefficient (Wildman–Crippen LogP) is 8.49. The first kappa shape index (κ1) is 34.9. The average Bonchev–Trinajstić information content (AvgIpc) is 3.04. The molecule has 226 valence electrons. The minimum Gasteiger partial charge on any atom is -0.444 e. The second kappa shape index (κ2) is 16.2. The number of unbranched alkanes of at least 4 members (excludes halogenated alkanes) is 11. The van der Waals surface area contributed by atoms with E-state index >= 15 is 0 Å². The molecule has 0 aromatic rings. The van der Waals surface area contributed by atoms with Crippen molar-refractivity contribution >= 4 is 18.0 Å². The average molecular weight is 552 g/mol. The van der Waals surface area contributed by atoms with Gasteiger partial charge in [-0.1, -0.05) is 83.3 Å². The molecule has 0 radical (unpaired) electrons. The Bertz CT molecular complexity index is 795. The van der Waals surface area contributed by atoms with Gasteiger partial charge in [-0.2, -0.15) is 0 Å². The summed E-state index contributed by atoms with van der Waals surface area (Å²) >= 11 is 0. The number of hydrogen-bond donors (Lipinski definition) is 2. The van der Waals surface area contributed by atoms with Gasteiger partial charge in [0.05, 0.1) is 0 Å². The zero-order valence-electron chi connectivity index (χ0n) is 26.3. The van der Waals surface area contributed by atoms with Crippen LogP contribution in [0.15, 0.2) is 12.2 Å². The molecule has 8 heteroatoms. The third kappa shape index (κ3) is 14.2. The van der Waals surface area contributed by atoms with Crippen molar-refractivity contribution in [3.05, 3.63) is 12.2 Å². The van der Waals surface area contributed by atoms with Crippen LogP contribution in [0.3, 0.4) is 0 Å². The first-order chi connectivity index (χ1) is 18.1. The first-order valence-electron chi connectivity index (χ1n) is 15.0. The van der Waals surface area contributed by atoms with Crippen molar-refractivity contribution in [1.29, 1.82) is 5.41 Å². The van der Waals surface area contributed by atoms with E-state index in [0.717, 1.165) is 12.8 Å². The molecule has 0 aliphatic carbocycles. The van der Waals surface area contributed by atoms with Crippen LogP contribution in [0, 0.1) is 5.41 Å². The molecule has 1 rings (SSSR count). The molecule has 1 fully saturated rings. The summed E-state index contributed by atoms with van der Waals surface area (Å²) in [6.07, 6.45) is 17.1. The lowest BCUT2D eigenvalue weighted by molar-refractivity contribution is -0.0707. The maximum absolute atomic E-state index is 13.2. The largest absolute Gasteiger partial charge is 0.444 e. The van der Waals surface area contributed by atoms with E-state index in [1.54, 1.807) is 55.4 Å². The van der Waals surface area contributed by atoms with E-state index in [4.69, 9.17) is 19.6 Å². The molecule has 1 heterocycles. The number of carbonyl (C=O) groups is 2. The van der Waals surface area contributed by atoms with Gasteiger partial charge >= 0.3 is 12.2 Å². The Hall–Kier alpha value is -2.09. The van der Waals surface area contributed by atoms with Gasteiger partial charge in [0, 0.05) is 0 Å². The van der Waals surface area contributed by atoms with Gasteiger partial charge in [-0.3, -0.25) is 15.6 Å². The molecule has 2 atom stereocenters. The minimum absolute atomic E-state index is 0.176. The van der Waals surface area contributed by atoms with Crippen molar-refractivity contribution in [1.82, 2.24) is 10.2 Å². The van der Waals surface area contributed by atoms with Crippen molar-refractivity contribution < 1.29 is 23.8 Å². The molecule has 1 aliphatic rings. The standard InChI is InChI=1S/C31H57N3O5/c1-10-11-12-13-14-15-16-17-18-19-20-21-22-23-24-25(26(32)33-27(35)38-29(2,3)4)34(31(8,9)37-24)28(36)39-30(5,6)7/h22-25H,10-21H2,1-9H3,(H2,32,33,35)/t24-,25-/m1/s1. The fraction of sp³-hybridized carbons (Fsp3) is 0.839. The number of rotatable bonds is 14. The molecule has 0 spiro atoms. The second-order valence-electron chi connectivity index (χ2n) is 13.1. The third-order valence-corrected chi connectivity index (χ3v) is 6.42. The lowest BCUT2D eigenvalue weighted by atomic mass is 10.0. The molecule has 1 saturated heterocycles. The number of hydrogen-bond acceptors (Lipinski definition) is 6. The third-order valence-electron chi connectivity index (χ3n) is 6.42. The van der Waals surface area contributed by atoms with E-state index < -0.39 is 41.3 Å². The zero-order valence-corrected chi connectivity index (χ0v) is 26.3. The highest BCUT2D eigenvalue weighted by Crippen LogP contribution is 2.35. The molecule has 1 aliphatic heterocycles. The summed E-state index contributed by atoms with van der Waals surface area (Å²) < 4.78 is 17.2. The summed E-state index contributed by atoms with van der Waals surface area (Å²) in [5.74, 6) is -0.176. The Kier molecular flexibility index (Phi) is 14.5. The highest BCUT2D eigenvalue weighted by Gasteiger charge is 2.52. The molecule has 0 aromatic heterocycles. The lowest BCUT2D eigenvalue weighted by Crippen LogP contribution is -2.56. The van der Waals surface area contributed by atoms with Crippen LogP contribution in [0.5, 0.6) is 0 Å². The number of nitrogens with zero attached hydrogens (tertiary/aromatic N) is 1. The van der Waals surface area contributed by atoms with Crippen molar-refractivity contribution in [2.45, 2.75) is 168 Å².